The summed E-state index contributed by atoms with van der Waals surface area (Å²) in [7, 11) is 6.04. The zero-order valence-corrected chi connectivity index (χ0v) is 10.5. The van der Waals surface area contributed by atoms with Crippen LogP contribution in [0.3, 0.4) is 0 Å². The highest BCUT2D eigenvalue weighted by atomic mass is 14.3. The van der Waals surface area contributed by atoms with Crippen LogP contribution in [-0.4, -0.2) is 7.85 Å². The highest BCUT2D eigenvalue weighted by molar-refractivity contribution is 6.14. The van der Waals surface area contributed by atoms with E-state index >= 15 is 0 Å². The van der Waals surface area contributed by atoms with Crippen LogP contribution in [0.25, 0.3) is 0 Å². The zero-order chi connectivity index (χ0) is 10.9. The standard InChI is InChI=1S/C12H25B/c1-10(2,3)8-11(4,5)9-12(6,7)13/h8-9H2,1-7H3. The van der Waals surface area contributed by atoms with Gasteiger partial charge < -0.3 is 0 Å². The van der Waals surface area contributed by atoms with E-state index in [-0.39, 0.29) is 5.31 Å². The molecule has 0 aromatic rings. The van der Waals surface area contributed by atoms with Crippen LogP contribution >= 0.6 is 0 Å². The highest BCUT2D eigenvalue weighted by Crippen LogP contribution is 2.43. The van der Waals surface area contributed by atoms with Gasteiger partial charge in [-0.2, -0.15) is 0 Å². The van der Waals surface area contributed by atoms with E-state index in [1.54, 1.807) is 0 Å². The molecule has 0 bridgehead atoms. The van der Waals surface area contributed by atoms with E-state index in [1.807, 2.05) is 0 Å². The minimum Gasteiger partial charge on any atom is -0.0711 e. The Labute approximate surface area is 85.9 Å². The maximum absolute atomic E-state index is 6.04. The van der Waals surface area contributed by atoms with E-state index in [9.17, 15) is 0 Å². The molecular formula is C12H25B. The van der Waals surface area contributed by atoms with E-state index in [0.717, 1.165) is 6.42 Å². The minimum absolute atomic E-state index is 0.0469. The van der Waals surface area contributed by atoms with Gasteiger partial charge in [0.25, 0.3) is 0 Å². The fraction of sp³-hybridized carbons (Fsp3) is 1.00. The Morgan fingerprint density at radius 1 is 0.769 bits per heavy atom. The normalized spacial score (nSPS) is 14.7. The monoisotopic (exact) mass is 180 g/mol. The third-order valence-corrected chi connectivity index (χ3v) is 1.94. The van der Waals surface area contributed by atoms with Crippen molar-refractivity contribution in [3.8, 4) is 0 Å². The molecule has 0 spiro atoms. The Balaban J connectivity index is 4.25. The topological polar surface area (TPSA) is 0 Å². The van der Waals surface area contributed by atoms with Crippen LogP contribution in [0.5, 0.6) is 0 Å². The van der Waals surface area contributed by atoms with Gasteiger partial charge in [-0.1, -0.05) is 60.2 Å². The van der Waals surface area contributed by atoms with E-state index in [1.165, 1.54) is 6.42 Å². The third-order valence-electron chi connectivity index (χ3n) is 1.94. The summed E-state index contributed by atoms with van der Waals surface area (Å²) in [5.41, 5.74) is 0.741. The van der Waals surface area contributed by atoms with E-state index in [0.29, 0.717) is 10.8 Å². The van der Waals surface area contributed by atoms with Gasteiger partial charge in [0.05, 0.1) is 7.85 Å². The fourth-order valence-electron chi connectivity index (χ4n) is 2.73. The van der Waals surface area contributed by atoms with Gasteiger partial charge in [0.15, 0.2) is 0 Å². The van der Waals surface area contributed by atoms with Crippen LogP contribution in [0.2, 0.25) is 5.31 Å². The Morgan fingerprint density at radius 3 is 1.38 bits per heavy atom. The molecule has 1 heteroatoms. The predicted octanol–water partition coefficient (Wildman–Crippen LogP) is 4.21. The first kappa shape index (κ1) is 13.1. The molecule has 0 heterocycles. The summed E-state index contributed by atoms with van der Waals surface area (Å²) in [6.07, 6.45) is 2.30. The molecule has 0 N–H and O–H groups in total. The largest absolute Gasteiger partial charge is 0.0739 e. The lowest BCUT2D eigenvalue weighted by molar-refractivity contribution is 0.183. The molecule has 0 aliphatic heterocycles. The second kappa shape index (κ2) is 3.67. The average Bonchev–Trinajstić information content (AvgIpc) is 1.43. The van der Waals surface area contributed by atoms with Crippen molar-refractivity contribution in [2.45, 2.75) is 66.6 Å². The summed E-state index contributed by atoms with van der Waals surface area (Å²) in [6, 6.07) is 0. The lowest BCUT2D eigenvalue weighted by atomic mass is 9.61. The van der Waals surface area contributed by atoms with Crippen LogP contribution in [0, 0.1) is 10.8 Å². The van der Waals surface area contributed by atoms with Crippen molar-refractivity contribution in [1.29, 1.82) is 0 Å². The molecule has 0 fully saturated rings. The van der Waals surface area contributed by atoms with Crippen molar-refractivity contribution in [2.24, 2.45) is 10.8 Å². The SMILES string of the molecule is [B]C(C)(C)CC(C)(C)CC(C)(C)C. The number of hydrogen-bond acceptors (Lipinski definition) is 0. The first-order chi connectivity index (χ1) is 5.41. The molecular weight excluding hydrogens is 155 g/mol. The van der Waals surface area contributed by atoms with Gasteiger partial charge in [0, 0.05) is 0 Å². The first-order valence-electron chi connectivity index (χ1n) is 5.20. The van der Waals surface area contributed by atoms with Crippen LogP contribution in [0.15, 0.2) is 0 Å². The molecule has 13 heavy (non-hydrogen) atoms. The van der Waals surface area contributed by atoms with Gasteiger partial charge in [0.2, 0.25) is 0 Å². The van der Waals surface area contributed by atoms with Crippen molar-refractivity contribution in [3.63, 3.8) is 0 Å². The Hall–Kier alpha value is 0.0649. The third kappa shape index (κ3) is 8.40. The van der Waals surface area contributed by atoms with Gasteiger partial charge in [-0.05, 0) is 17.3 Å². The zero-order valence-electron chi connectivity index (χ0n) is 10.5. The van der Waals surface area contributed by atoms with E-state index < -0.39 is 0 Å². The van der Waals surface area contributed by atoms with Crippen molar-refractivity contribution < 1.29 is 0 Å². The number of hydrogen-bond donors (Lipinski definition) is 0. The van der Waals surface area contributed by atoms with Crippen LogP contribution in [0.4, 0.5) is 0 Å². The molecule has 0 amide bonds. The van der Waals surface area contributed by atoms with Gasteiger partial charge >= 0.3 is 0 Å². The Morgan fingerprint density at radius 2 is 1.15 bits per heavy atom. The predicted molar refractivity (Wildman–Crippen MR) is 62.3 cm³/mol. The molecule has 0 aliphatic carbocycles. The first-order valence-corrected chi connectivity index (χ1v) is 5.20. The van der Waals surface area contributed by atoms with Gasteiger partial charge in [-0.3, -0.25) is 0 Å². The molecule has 0 rings (SSSR count). The molecule has 0 nitrogen and oxygen atoms in total. The van der Waals surface area contributed by atoms with Gasteiger partial charge in [-0.25, -0.2) is 0 Å². The maximum Gasteiger partial charge on any atom is 0.0739 e. The minimum atomic E-state index is -0.0469. The molecule has 0 atom stereocenters. The molecule has 0 aromatic carbocycles. The molecule has 76 valence electrons. The van der Waals surface area contributed by atoms with Gasteiger partial charge in [0.1, 0.15) is 0 Å². The summed E-state index contributed by atoms with van der Waals surface area (Å²) in [5, 5.41) is -0.0469. The molecule has 0 saturated carbocycles. The average molecular weight is 180 g/mol. The molecule has 2 radical (unpaired) electrons. The van der Waals surface area contributed by atoms with Crippen molar-refractivity contribution in [2.75, 3.05) is 0 Å². The van der Waals surface area contributed by atoms with E-state index in [2.05, 4.69) is 48.5 Å². The molecule has 0 saturated heterocycles. The number of rotatable bonds is 3. The summed E-state index contributed by atoms with van der Waals surface area (Å²) in [5.74, 6) is 0. The summed E-state index contributed by atoms with van der Waals surface area (Å²) < 4.78 is 0. The molecule has 0 aromatic heterocycles. The molecule has 0 aliphatic rings. The Bertz CT molecular complexity index is 137. The summed E-state index contributed by atoms with van der Waals surface area (Å²) in [6.45, 7) is 15.7. The lowest BCUT2D eigenvalue weighted by Crippen LogP contribution is -2.24. The van der Waals surface area contributed by atoms with Crippen molar-refractivity contribution in [3.05, 3.63) is 0 Å². The van der Waals surface area contributed by atoms with Crippen LogP contribution < -0.4 is 0 Å². The Kier molecular flexibility index (Phi) is 3.69. The highest BCUT2D eigenvalue weighted by Gasteiger charge is 2.29. The maximum atomic E-state index is 6.04. The van der Waals surface area contributed by atoms with Gasteiger partial charge in [-0.15, -0.1) is 0 Å². The smallest absolute Gasteiger partial charge is 0.0711 e. The second-order valence-electron chi connectivity index (χ2n) is 7.07. The van der Waals surface area contributed by atoms with Crippen LogP contribution in [-0.2, 0) is 0 Å². The van der Waals surface area contributed by atoms with Crippen molar-refractivity contribution in [1.82, 2.24) is 0 Å². The quantitative estimate of drug-likeness (QED) is 0.571. The summed E-state index contributed by atoms with van der Waals surface area (Å²) in [4.78, 5) is 0. The fourth-order valence-corrected chi connectivity index (χ4v) is 2.73. The van der Waals surface area contributed by atoms with E-state index in [4.69, 9.17) is 7.85 Å². The van der Waals surface area contributed by atoms with Crippen molar-refractivity contribution >= 4 is 7.85 Å². The molecule has 0 unspecified atom stereocenters. The van der Waals surface area contributed by atoms with Crippen LogP contribution in [0.1, 0.15) is 61.3 Å². The lowest BCUT2D eigenvalue weighted by Gasteiger charge is -2.37. The summed E-state index contributed by atoms with van der Waals surface area (Å²) >= 11 is 0. The second-order valence-corrected chi connectivity index (χ2v) is 7.07.